The summed E-state index contributed by atoms with van der Waals surface area (Å²) in [7, 11) is 0. The largest absolute Gasteiger partial charge is 0.300 e. The molecule has 3 heterocycles. The highest BCUT2D eigenvalue weighted by Crippen LogP contribution is 2.20. The van der Waals surface area contributed by atoms with Crippen molar-refractivity contribution in [3.63, 3.8) is 0 Å². The van der Waals surface area contributed by atoms with Crippen molar-refractivity contribution in [2.24, 2.45) is 0 Å². The number of nitrogens with zero attached hydrogens (tertiary/aromatic N) is 4. The molecule has 0 aromatic carbocycles. The first-order valence-electron chi connectivity index (χ1n) is 6.82. The fraction of sp³-hybridized carbons (Fsp3) is 0.571. The van der Waals surface area contributed by atoms with Gasteiger partial charge in [0, 0.05) is 18.7 Å². The van der Waals surface area contributed by atoms with Crippen molar-refractivity contribution < 1.29 is 0 Å². The molecule has 0 N–H and O–H groups in total. The lowest BCUT2D eigenvalue weighted by molar-refractivity contribution is 0.263. The molecule has 1 aliphatic rings. The Balaban J connectivity index is 1.88. The molecule has 0 aliphatic carbocycles. The summed E-state index contributed by atoms with van der Waals surface area (Å²) < 4.78 is 2.14. The topological polar surface area (TPSA) is 33.4 Å². The predicted molar refractivity (Wildman–Crippen MR) is 71.7 cm³/mol. The molecule has 1 unspecified atom stereocenters. The van der Waals surface area contributed by atoms with Crippen LogP contribution in [0.15, 0.2) is 18.3 Å². The van der Waals surface area contributed by atoms with E-state index >= 15 is 0 Å². The van der Waals surface area contributed by atoms with E-state index in [-0.39, 0.29) is 0 Å². The van der Waals surface area contributed by atoms with Gasteiger partial charge in [-0.1, -0.05) is 13.0 Å². The number of likely N-dealkylation sites (tertiary alicyclic amines) is 1. The van der Waals surface area contributed by atoms with Crippen LogP contribution in [0.4, 0.5) is 0 Å². The van der Waals surface area contributed by atoms with Gasteiger partial charge in [0.25, 0.3) is 0 Å². The normalized spacial score (nSPS) is 20.9. The minimum absolute atomic E-state index is 0.642. The third-order valence-corrected chi connectivity index (χ3v) is 3.94. The molecule has 1 atom stereocenters. The molecule has 96 valence electrons. The molecule has 4 heteroatoms. The monoisotopic (exact) mass is 244 g/mol. The molecule has 0 radical (unpaired) electrons. The van der Waals surface area contributed by atoms with Gasteiger partial charge in [0.1, 0.15) is 5.82 Å². The zero-order valence-corrected chi connectivity index (χ0v) is 11.1. The number of hydrogen-bond donors (Lipinski definition) is 0. The van der Waals surface area contributed by atoms with E-state index < -0.39 is 0 Å². The second kappa shape index (κ2) is 4.69. The van der Waals surface area contributed by atoms with Gasteiger partial charge < -0.3 is 4.90 Å². The van der Waals surface area contributed by atoms with Gasteiger partial charge in [-0.2, -0.15) is 0 Å². The maximum absolute atomic E-state index is 4.35. The van der Waals surface area contributed by atoms with Gasteiger partial charge in [0.05, 0.1) is 0 Å². The Bertz CT molecular complexity index is 546. The lowest BCUT2D eigenvalue weighted by atomic mass is 10.1. The van der Waals surface area contributed by atoms with Crippen molar-refractivity contribution in [1.29, 1.82) is 0 Å². The first kappa shape index (κ1) is 11.7. The summed E-state index contributed by atoms with van der Waals surface area (Å²) in [5.74, 6) is 1.10. The van der Waals surface area contributed by atoms with Crippen LogP contribution in [0.25, 0.3) is 5.65 Å². The number of rotatable bonds is 3. The highest BCUT2D eigenvalue weighted by Gasteiger charge is 2.24. The van der Waals surface area contributed by atoms with E-state index in [2.05, 4.69) is 45.6 Å². The molecule has 0 spiro atoms. The zero-order valence-electron chi connectivity index (χ0n) is 11.1. The standard InChI is InChI=1S/C14H20N4/c1-3-17-8-4-5-12(17)9-14-16-15-13-7-6-11(2)10-18(13)14/h6-7,10,12H,3-5,8-9H2,1-2H3. The summed E-state index contributed by atoms with van der Waals surface area (Å²) in [6.07, 6.45) is 5.75. The van der Waals surface area contributed by atoms with Gasteiger partial charge >= 0.3 is 0 Å². The van der Waals surface area contributed by atoms with Gasteiger partial charge in [0.2, 0.25) is 0 Å². The van der Waals surface area contributed by atoms with Crippen molar-refractivity contribution in [2.75, 3.05) is 13.1 Å². The molecule has 0 bridgehead atoms. The van der Waals surface area contributed by atoms with E-state index in [1.54, 1.807) is 0 Å². The third-order valence-electron chi connectivity index (χ3n) is 3.94. The second-order valence-electron chi connectivity index (χ2n) is 5.18. The maximum atomic E-state index is 4.35. The molecule has 1 saturated heterocycles. The quantitative estimate of drug-likeness (QED) is 0.828. The maximum Gasteiger partial charge on any atom is 0.160 e. The molecule has 0 amide bonds. The summed E-state index contributed by atoms with van der Waals surface area (Å²) in [4.78, 5) is 2.55. The van der Waals surface area contributed by atoms with Gasteiger partial charge in [-0.3, -0.25) is 4.40 Å². The molecule has 18 heavy (non-hydrogen) atoms. The molecule has 0 saturated carbocycles. The number of aryl methyl sites for hydroxylation is 1. The Hall–Kier alpha value is -1.42. The fourth-order valence-corrected chi connectivity index (χ4v) is 2.94. The fourth-order valence-electron chi connectivity index (χ4n) is 2.94. The Morgan fingerprint density at radius 2 is 2.22 bits per heavy atom. The molecular weight excluding hydrogens is 224 g/mol. The zero-order chi connectivity index (χ0) is 12.5. The van der Waals surface area contributed by atoms with Gasteiger partial charge in [-0.25, -0.2) is 0 Å². The van der Waals surface area contributed by atoms with Crippen molar-refractivity contribution in [3.8, 4) is 0 Å². The summed E-state index contributed by atoms with van der Waals surface area (Å²) in [6.45, 7) is 6.72. The summed E-state index contributed by atoms with van der Waals surface area (Å²) in [6, 6.07) is 4.77. The second-order valence-corrected chi connectivity index (χ2v) is 5.18. The van der Waals surface area contributed by atoms with Crippen LogP contribution in [-0.2, 0) is 6.42 Å². The number of aromatic nitrogens is 3. The third kappa shape index (κ3) is 2.01. The van der Waals surface area contributed by atoms with Crippen LogP contribution in [0.3, 0.4) is 0 Å². The molecule has 2 aromatic rings. The van der Waals surface area contributed by atoms with Gasteiger partial charge in [-0.05, 0) is 44.5 Å². The van der Waals surface area contributed by atoms with Crippen molar-refractivity contribution in [1.82, 2.24) is 19.5 Å². The van der Waals surface area contributed by atoms with E-state index in [0.717, 1.165) is 24.4 Å². The van der Waals surface area contributed by atoms with Crippen LogP contribution < -0.4 is 0 Å². The van der Waals surface area contributed by atoms with E-state index in [1.807, 2.05) is 6.07 Å². The average Bonchev–Trinajstić information content (AvgIpc) is 2.97. The molecule has 3 rings (SSSR count). The Labute approximate surface area is 108 Å². The predicted octanol–water partition coefficient (Wildman–Crippen LogP) is 2.06. The highest BCUT2D eigenvalue weighted by molar-refractivity contribution is 5.39. The van der Waals surface area contributed by atoms with Crippen LogP contribution in [-0.4, -0.2) is 38.6 Å². The minimum atomic E-state index is 0.642. The van der Waals surface area contributed by atoms with Crippen LogP contribution in [0.2, 0.25) is 0 Å². The summed E-state index contributed by atoms with van der Waals surface area (Å²) in [5.41, 5.74) is 2.21. The molecule has 2 aromatic heterocycles. The van der Waals surface area contributed by atoms with Crippen molar-refractivity contribution >= 4 is 5.65 Å². The lowest BCUT2D eigenvalue weighted by Crippen LogP contribution is -2.31. The van der Waals surface area contributed by atoms with Crippen LogP contribution in [0.1, 0.15) is 31.2 Å². The van der Waals surface area contributed by atoms with Crippen molar-refractivity contribution in [3.05, 3.63) is 29.7 Å². The number of likely N-dealkylation sites (N-methyl/N-ethyl adjacent to an activating group) is 1. The average molecular weight is 244 g/mol. The highest BCUT2D eigenvalue weighted by atomic mass is 15.3. The van der Waals surface area contributed by atoms with E-state index in [0.29, 0.717) is 6.04 Å². The summed E-state index contributed by atoms with van der Waals surface area (Å²) >= 11 is 0. The molecule has 4 nitrogen and oxygen atoms in total. The number of hydrogen-bond acceptors (Lipinski definition) is 3. The van der Waals surface area contributed by atoms with Gasteiger partial charge in [0.15, 0.2) is 5.65 Å². The van der Waals surface area contributed by atoms with Gasteiger partial charge in [-0.15, -0.1) is 10.2 Å². The first-order chi connectivity index (χ1) is 8.78. The first-order valence-corrected chi connectivity index (χ1v) is 6.82. The van der Waals surface area contributed by atoms with Crippen LogP contribution in [0.5, 0.6) is 0 Å². The van der Waals surface area contributed by atoms with E-state index in [9.17, 15) is 0 Å². The Kier molecular flexibility index (Phi) is 3.04. The van der Waals surface area contributed by atoms with Crippen LogP contribution in [0, 0.1) is 6.92 Å². The van der Waals surface area contributed by atoms with Crippen LogP contribution >= 0.6 is 0 Å². The van der Waals surface area contributed by atoms with E-state index in [1.165, 1.54) is 24.9 Å². The SMILES string of the molecule is CCN1CCCC1Cc1nnc2ccc(C)cn12. The number of fused-ring (bicyclic) bond motifs is 1. The number of pyridine rings is 1. The minimum Gasteiger partial charge on any atom is -0.300 e. The van der Waals surface area contributed by atoms with E-state index in [4.69, 9.17) is 0 Å². The smallest absolute Gasteiger partial charge is 0.160 e. The lowest BCUT2D eigenvalue weighted by Gasteiger charge is -2.21. The molecule has 1 fully saturated rings. The van der Waals surface area contributed by atoms with Crippen molar-refractivity contribution in [2.45, 2.75) is 39.2 Å². The Morgan fingerprint density at radius 3 is 3.06 bits per heavy atom. The molecule has 1 aliphatic heterocycles. The molecular formula is C14H20N4. The summed E-state index contributed by atoms with van der Waals surface area (Å²) in [5, 5.41) is 8.60. The Morgan fingerprint density at radius 1 is 1.33 bits per heavy atom.